The highest BCUT2D eigenvalue weighted by Crippen LogP contribution is 2.25. The zero-order valence-corrected chi connectivity index (χ0v) is 12.5. The molecule has 0 saturated carbocycles. The fourth-order valence-corrected chi connectivity index (χ4v) is 2.44. The number of halogens is 1. The number of hydrogen-bond donors (Lipinski definition) is 2. The molecule has 0 bridgehead atoms. The van der Waals surface area contributed by atoms with Gasteiger partial charge in [0.2, 0.25) is 11.8 Å². The first kappa shape index (κ1) is 14.9. The van der Waals surface area contributed by atoms with Gasteiger partial charge < -0.3 is 10.6 Å². The molecule has 1 saturated heterocycles. The first-order valence-corrected chi connectivity index (χ1v) is 7.09. The number of hydrogen-bond acceptors (Lipinski definition) is 2. The monoisotopic (exact) mass is 294 g/mol. The van der Waals surface area contributed by atoms with E-state index in [4.69, 9.17) is 11.6 Å². The number of rotatable bonds is 4. The van der Waals surface area contributed by atoms with Crippen molar-refractivity contribution in [3.63, 3.8) is 0 Å². The minimum Gasteiger partial charge on any atom is -0.353 e. The van der Waals surface area contributed by atoms with E-state index < -0.39 is 6.04 Å². The summed E-state index contributed by atoms with van der Waals surface area (Å²) in [5.41, 5.74) is 0.851. The Balaban J connectivity index is 1.95. The third-order valence-corrected chi connectivity index (χ3v) is 3.86. The minimum atomic E-state index is -0.391. The molecule has 1 aliphatic heterocycles. The van der Waals surface area contributed by atoms with Crippen LogP contribution < -0.4 is 10.6 Å². The van der Waals surface area contributed by atoms with Gasteiger partial charge in [-0.15, -0.1) is 0 Å². The molecule has 1 heterocycles. The fourth-order valence-electron chi connectivity index (χ4n) is 2.25. The number of carbonyl (C=O) groups is 2. The lowest BCUT2D eigenvalue weighted by atomic mass is 9.84. The molecule has 0 aromatic heterocycles. The quantitative estimate of drug-likeness (QED) is 0.892. The van der Waals surface area contributed by atoms with Crippen molar-refractivity contribution in [2.75, 3.05) is 6.54 Å². The third-order valence-electron chi connectivity index (χ3n) is 3.62. The van der Waals surface area contributed by atoms with Crippen molar-refractivity contribution < 1.29 is 9.59 Å². The fraction of sp³-hybridized carbons (Fsp3) is 0.467. The van der Waals surface area contributed by atoms with E-state index in [-0.39, 0.29) is 17.2 Å². The normalized spacial score (nSPS) is 18.8. The van der Waals surface area contributed by atoms with Crippen molar-refractivity contribution in [1.82, 2.24) is 10.6 Å². The van der Waals surface area contributed by atoms with Crippen LogP contribution in [0.1, 0.15) is 32.3 Å². The van der Waals surface area contributed by atoms with Crippen molar-refractivity contribution >= 4 is 23.4 Å². The molecule has 1 fully saturated rings. The molecule has 20 heavy (non-hydrogen) atoms. The molecular weight excluding hydrogens is 276 g/mol. The highest BCUT2D eigenvalue weighted by atomic mass is 35.5. The topological polar surface area (TPSA) is 58.2 Å². The van der Waals surface area contributed by atoms with Crippen LogP contribution in [0, 0.1) is 0 Å². The number of carbonyl (C=O) groups excluding carboxylic acids is 2. The SMILES string of the molecule is CC(C)(CNC(=O)C1CCC(=O)N1)c1cccc(Cl)c1. The molecule has 1 atom stereocenters. The number of benzene rings is 1. The van der Waals surface area contributed by atoms with E-state index in [9.17, 15) is 9.59 Å². The molecule has 1 aromatic carbocycles. The van der Waals surface area contributed by atoms with Crippen LogP contribution in [0.4, 0.5) is 0 Å². The second kappa shape index (κ2) is 5.83. The average Bonchev–Trinajstić information content (AvgIpc) is 2.83. The van der Waals surface area contributed by atoms with E-state index in [0.717, 1.165) is 5.56 Å². The van der Waals surface area contributed by atoms with Crippen LogP contribution in [-0.4, -0.2) is 24.4 Å². The molecule has 108 valence electrons. The number of nitrogens with one attached hydrogen (secondary N) is 2. The van der Waals surface area contributed by atoms with Crippen LogP contribution in [-0.2, 0) is 15.0 Å². The van der Waals surface area contributed by atoms with Gasteiger partial charge in [-0.05, 0) is 24.1 Å². The molecule has 2 amide bonds. The molecule has 5 heteroatoms. The Morgan fingerprint density at radius 3 is 2.85 bits per heavy atom. The Morgan fingerprint density at radius 2 is 2.25 bits per heavy atom. The Hall–Kier alpha value is -1.55. The Labute approximate surface area is 123 Å². The van der Waals surface area contributed by atoms with Gasteiger partial charge in [0, 0.05) is 23.4 Å². The molecule has 0 spiro atoms. The van der Waals surface area contributed by atoms with Crippen LogP contribution in [0.3, 0.4) is 0 Å². The van der Waals surface area contributed by atoms with E-state index in [1.54, 1.807) is 0 Å². The van der Waals surface area contributed by atoms with E-state index in [1.807, 2.05) is 38.1 Å². The third kappa shape index (κ3) is 3.51. The van der Waals surface area contributed by atoms with Gasteiger partial charge in [-0.1, -0.05) is 37.6 Å². The van der Waals surface area contributed by atoms with Gasteiger partial charge in [0.25, 0.3) is 0 Å². The van der Waals surface area contributed by atoms with Crippen LogP contribution in [0.25, 0.3) is 0 Å². The molecule has 0 radical (unpaired) electrons. The summed E-state index contributed by atoms with van der Waals surface area (Å²) in [5.74, 6) is -0.176. The minimum absolute atomic E-state index is 0.0562. The summed E-state index contributed by atoms with van der Waals surface area (Å²) in [6, 6.07) is 7.24. The second-order valence-electron chi connectivity index (χ2n) is 5.77. The van der Waals surface area contributed by atoms with Gasteiger partial charge in [-0.2, -0.15) is 0 Å². The van der Waals surface area contributed by atoms with Gasteiger partial charge in [0.1, 0.15) is 6.04 Å². The first-order valence-electron chi connectivity index (χ1n) is 6.71. The van der Waals surface area contributed by atoms with Gasteiger partial charge in [-0.25, -0.2) is 0 Å². The lowest BCUT2D eigenvalue weighted by Crippen LogP contribution is -2.45. The summed E-state index contributed by atoms with van der Waals surface area (Å²) >= 11 is 6.00. The summed E-state index contributed by atoms with van der Waals surface area (Å²) in [6.07, 6.45) is 0.998. The van der Waals surface area contributed by atoms with E-state index in [1.165, 1.54) is 0 Å². The summed E-state index contributed by atoms with van der Waals surface area (Å²) < 4.78 is 0. The van der Waals surface area contributed by atoms with E-state index in [2.05, 4.69) is 10.6 Å². The lowest BCUT2D eigenvalue weighted by Gasteiger charge is -2.26. The van der Waals surface area contributed by atoms with Gasteiger partial charge >= 0.3 is 0 Å². The highest BCUT2D eigenvalue weighted by Gasteiger charge is 2.29. The predicted molar refractivity (Wildman–Crippen MR) is 78.7 cm³/mol. The van der Waals surface area contributed by atoms with Crippen LogP contribution >= 0.6 is 11.6 Å². The van der Waals surface area contributed by atoms with Crippen LogP contribution in [0.15, 0.2) is 24.3 Å². The summed E-state index contributed by atoms with van der Waals surface area (Å²) in [4.78, 5) is 23.1. The molecule has 0 aliphatic carbocycles. The molecule has 1 unspecified atom stereocenters. The van der Waals surface area contributed by atoms with Gasteiger partial charge in [0.15, 0.2) is 0 Å². The number of amides is 2. The van der Waals surface area contributed by atoms with E-state index in [0.29, 0.717) is 24.4 Å². The summed E-state index contributed by atoms with van der Waals surface area (Å²) in [5, 5.41) is 6.26. The average molecular weight is 295 g/mol. The molecule has 2 rings (SSSR count). The maximum absolute atomic E-state index is 12.0. The zero-order valence-electron chi connectivity index (χ0n) is 11.7. The predicted octanol–water partition coefficient (Wildman–Crippen LogP) is 2.01. The van der Waals surface area contributed by atoms with Crippen LogP contribution in [0.2, 0.25) is 5.02 Å². The molecule has 4 nitrogen and oxygen atoms in total. The van der Waals surface area contributed by atoms with Crippen molar-refractivity contribution in [1.29, 1.82) is 0 Å². The van der Waals surface area contributed by atoms with Crippen molar-refractivity contribution in [2.45, 2.75) is 38.1 Å². The zero-order chi connectivity index (χ0) is 14.8. The standard InChI is InChI=1S/C15H19ClN2O2/c1-15(2,10-4-3-5-11(16)8-10)9-17-14(20)12-6-7-13(19)18-12/h3-5,8,12H,6-7,9H2,1-2H3,(H,17,20)(H,18,19). The van der Waals surface area contributed by atoms with Crippen LogP contribution in [0.5, 0.6) is 0 Å². The Bertz CT molecular complexity index is 528. The Morgan fingerprint density at radius 1 is 1.50 bits per heavy atom. The molecular formula is C15H19ClN2O2. The molecule has 2 N–H and O–H groups in total. The van der Waals surface area contributed by atoms with E-state index >= 15 is 0 Å². The summed E-state index contributed by atoms with van der Waals surface area (Å²) in [6.45, 7) is 4.59. The van der Waals surface area contributed by atoms with Crippen molar-refractivity contribution in [3.8, 4) is 0 Å². The van der Waals surface area contributed by atoms with Gasteiger partial charge in [-0.3, -0.25) is 9.59 Å². The molecule has 1 aromatic rings. The largest absolute Gasteiger partial charge is 0.353 e. The maximum Gasteiger partial charge on any atom is 0.242 e. The van der Waals surface area contributed by atoms with Gasteiger partial charge in [0.05, 0.1) is 0 Å². The van der Waals surface area contributed by atoms with Crippen molar-refractivity contribution in [2.24, 2.45) is 0 Å². The second-order valence-corrected chi connectivity index (χ2v) is 6.21. The smallest absolute Gasteiger partial charge is 0.242 e. The first-order chi connectivity index (χ1) is 9.38. The summed E-state index contributed by atoms with van der Waals surface area (Å²) in [7, 11) is 0. The highest BCUT2D eigenvalue weighted by molar-refractivity contribution is 6.30. The Kier molecular flexibility index (Phi) is 4.33. The lowest BCUT2D eigenvalue weighted by molar-refractivity contribution is -0.125. The van der Waals surface area contributed by atoms with Crippen molar-refractivity contribution in [3.05, 3.63) is 34.9 Å². The molecule has 1 aliphatic rings. The maximum atomic E-state index is 12.0.